The van der Waals surface area contributed by atoms with E-state index >= 15 is 0 Å². The standard InChI is InChI=1S/C11H19N5O2/c1-3-4-12-9-14-10(16-11(15-9)18-2)13-7-5-8(17)6-7/h7-8,17H,3-6H2,1-2H3,(H2,12,13,14,15,16). The van der Waals surface area contributed by atoms with Crippen LogP contribution in [-0.4, -0.2) is 45.9 Å². The van der Waals surface area contributed by atoms with Gasteiger partial charge in [-0.25, -0.2) is 0 Å². The summed E-state index contributed by atoms with van der Waals surface area (Å²) in [6, 6.07) is 0.511. The fourth-order valence-corrected chi connectivity index (χ4v) is 1.72. The Morgan fingerprint density at radius 3 is 2.61 bits per heavy atom. The molecule has 1 aromatic rings. The van der Waals surface area contributed by atoms with Crippen molar-refractivity contribution in [3.05, 3.63) is 0 Å². The van der Waals surface area contributed by atoms with Crippen LogP contribution in [0.4, 0.5) is 11.9 Å². The molecule has 0 atom stereocenters. The molecule has 0 amide bonds. The molecule has 1 aliphatic carbocycles. The summed E-state index contributed by atoms with van der Waals surface area (Å²) in [7, 11) is 1.52. The van der Waals surface area contributed by atoms with Gasteiger partial charge in [0.2, 0.25) is 11.9 Å². The van der Waals surface area contributed by atoms with Gasteiger partial charge in [-0.05, 0) is 19.3 Å². The smallest absolute Gasteiger partial charge is 0.322 e. The van der Waals surface area contributed by atoms with Crippen LogP contribution in [0.15, 0.2) is 0 Å². The molecule has 1 saturated carbocycles. The largest absolute Gasteiger partial charge is 0.467 e. The molecule has 0 spiro atoms. The molecule has 7 nitrogen and oxygen atoms in total. The highest BCUT2D eigenvalue weighted by Gasteiger charge is 2.27. The second-order valence-corrected chi connectivity index (χ2v) is 4.36. The first-order valence-electron chi connectivity index (χ1n) is 6.19. The van der Waals surface area contributed by atoms with Crippen molar-refractivity contribution in [3.63, 3.8) is 0 Å². The van der Waals surface area contributed by atoms with Crippen LogP contribution < -0.4 is 15.4 Å². The average Bonchev–Trinajstić information content (AvgIpc) is 2.34. The third-order valence-corrected chi connectivity index (χ3v) is 2.78. The Hall–Kier alpha value is -1.63. The Morgan fingerprint density at radius 1 is 1.28 bits per heavy atom. The van der Waals surface area contributed by atoms with Gasteiger partial charge in [-0.15, -0.1) is 0 Å². The van der Waals surface area contributed by atoms with Crippen LogP contribution >= 0.6 is 0 Å². The van der Waals surface area contributed by atoms with Crippen molar-refractivity contribution in [2.75, 3.05) is 24.3 Å². The van der Waals surface area contributed by atoms with Gasteiger partial charge in [0, 0.05) is 12.6 Å². The molecule has 1 aliphatic rings. The van der Waals surface area contributed by atoms with Gasteiger partial charge in [-0.1, -0.05) is 6.92 Å². The summed E-state index contributed by atoms with van der Waals surface area (Å²) in [4.78, 5) is 12.5. The lowest BCUT2D eigenvalue weighted by molar-refractivity contribution is 0.0834. The molecule has 3 N–H and O–H groups in total. The zero-order chi connectivity index (χ0) is 13.0. The topological polar surface area (TPSA) is 92.2 Å². The number of ether oxygens (including phenoxy) is 1. The SMILES string of the molecule is CCCNc1nc(NC2CC(O)C2)nc(OC)n1. The van der Waals surface area contributed by atoms with Gasteiger partial charge in [0.05, 0.1) is 13.2 Å². The number of anilines is 2. The fourth-order valence-electron chi connectivity index (χ4n) is 1.72. The molecule has 2 rings (SSSR count). The molecule has 0 saturated heterocycles. The van der Waals surface area contributed by atoms with Crippen molar-refractivity contribution in [1.29, 1.82) is 0 Å². The molecule has 0 bridgehead atoms. The molecule has 1 aromatic heterocycles. The zero-order valence-corrected chi connectivity index (χ0v) is 10.7. The lowest BCUT2D eigenvalue weighted by Gasteiger charge is -2.31. The molecule has 1 fully saturated rings. The van der Waals surface area contributed by atoms with Crippen LogP contribution in [0.3, 0.4) is 0 Å². The van der Waals surface area contributed by atoms with Crippen molar-refractivity contribution >= 4 is 11.9 Å². The molecule has 18 heavy (non-hydrogen) atoms. The van der Waals surface area contributed by atoms with E-state index in [4.69, 9.17) is 4.74 Å². The van der Waals surface area contributed by atoms with E-state index in [0.717, 1.165) is 25.8 Å². The highest BCUT2D eigenvalue weighted by atomic mass is 16.5. The average molecular weight is 253 g/mol. The fraction of sp³-hybridized carbons (Fsp3) is 0.727. The van der Waals surface area contributed by atoms with Gasteiger partial charge < -0.3 is 20.5 Å². The van der Waals surface area contributed by atoms with Gasteiger partial charge in [0.15, 0.2) is 0 Å². The van der Waals surface area contributed by atoms with Crippen molar-refractivity contribution < 1.29 is 9.84 Å². The number of aliphatic hydroxyl groups is 1. The third-order valence-electron chi connectivity index (χ3n) is 2.78. The first kappa shape index (κ1) is 12.8. The Balaban J connectivity index is 2.03. The van der Waals surface area contributed by atoms with Gasteiger partial charge in [0.25, 0.3) is 0 Å². The van der Waals surface area contributed by atoms with E-state index in [1.165, 1.54) is 7.11 Å². The van der Waals surface area contributed by atoms with E-state index < -0.39 is 0 Å². The lowest BCUT2D eigenvalue weighted by Crippen LogP contribution is -2.39. The van der Waals surface area contributed by atoms with Gasteiger partial charge in [-0.3, -0.25) is 0 Å². The van der Waals surface area contributed by atoms with E-state index in [0.29, 0.717) is 11.9 Å². The van der Waals surface area contributed by atoms with Crippen molar-refractivity contribution in [3.8, 4) is 6.01 Å². The minimum absolute atomic E-state index is 0.205. The zero-order valence-electron chi connectivity index (χ0n) is 10.7. The quantitative estimate of drug-likeness (QED) is 0.685. The van der Waals surface area contributed by atoms with E-state index in [2.05, 4.69) is 32.5 Å². The monoisotopic (exact) mass is 253 g/mol. The molecular weight excluding hydrogens is 234 g/mol. The van der Waals surface area contributed by atoms with E-state index in [1.807, 2.05) is 0 Å². The number of hydrogen-bond donors (Lipinski definition) is 3. The Kier molecular flexibility index (Phi) is 4.14. The molecule has 1 heterocycles. The van der Waals surface area contributed by atoms with Crippen LogP contribution in [0.2, 0.25) is 0 Å². The minimum atomic E-state index is -0.205. The lowest BCUT2D eigenvalue weighted by atomic mass is 9.90. The Bertz CT molecular complexity index is 395. The number of rotatable bonds is 6. The van der Waals surface area contributed by atoms with Crippen molar-refractivity contribution in [1.82, 2.24) is 15.0 Å². The highest BCUT2D eigenvalue weighted by molar-refractivity contribution is 5.37. The van der Waals surface area contributed by atoms with E-state index in [-0.39, 0.29) is 18.2 Å². The Labute approximate surface area is 106 Å². The second kappa shape index (κ2) is 5.81. The summed E-state index contributed by atoms with van der Waals surface area (Å²) in [5, 5.41) is 15.5. The van der Waals surface area contributed by atoms with Crippen molar-refractivity contribution in [2.24, 2.45) is 0 Å². The highest BCUT2D eigenvalue weighted by Crippen LogP contribution is 2.23. The summed E-state index contributed by atoms with van der Waals surface area (Å²) in [5.74, 6) is 0.989. The van der Waals surface area contributed by atoms with Crippen LogP contribution in [0.25, 0.3) is 0 Å². The molecule has 0 aliphatic heterocycles. The predicted molar refractivity (Wildman–Crippen MR) is 67.8 cm³/mol. The predicted octanol–water partition coefficient (Wildman–Crippen LogP) is 0.637. The number of nitrogens with one attached hydrogen (secondary N) is 2. The minimum Gasteiger partial charge on any atom is -0.467 e. The number of methoxy groups -OCH3 is 1. The number of aliphatic hydroxyl groups excluding tert-OH is 1. The summed E-state index contributed by atoms with van der Waals surface area (Å²) >= 11 is 0. The summed E-state index contributed by atoms with van der Waals surface area (Å²) in [6.45, 7) is 2.87. The number of hydrogen-bond acceptors (Lipinski definition) is 7. The first-order chi connectivity index (χ1) is 8.71. The number of nitrogens with zero attached hydrogens (tertiary/aromatic N) is 3. The van der Waals surface area contributed by atoms with Crippen LogP contribution in [-0.2, 0) is 0 Å². The summed E-state index contributed by atoms with van der Waals surface area (Å²) in [6.07, 6.45) is 2.24. The van der Waals surface area contributed by atoms with Gasteiger partial charge in [0.1, 0.15) is 0 Å². The van der Waals surface area contributed by atoms with E-state index in [1.54, 1.807) is 0 Å². The molecule has 0 radical (unpaired) electrons. The van der Waals surface area contributed by atoms with Gasteiger partial charge in [-0.2, -0.15) is 15.0 Å². The summed E-state index contributed by atoms with van der Waals surface area (Å²) < 4.78 is 5.04. The summed E-state index contributed by atoms with van der Waals surface area (Å²) in [5.41, 5.74) is 0. The van der Waals surface area contributed by atoms with Crippen LogP contribution in [0.5, 0.6) is 6.01 Å². The molecule has 0 unspecified atom stereocenters. The van der Waals surface area contributed by atoms with Crippen LogP contribution in [0, 0.1) is 0 Å². The van der Waals surface area contributed by atoms with E-state index in [9.17, 15) is 5.11 Å². The Morgan fingerprint density at radius 2 is 2.00 bits per heavy atom. The molecule has 0 aromatic carbocycles. The van der Waals surface area contributed by atoms with Crippen LogP contribution in [0.1, 0.15) is 26.2 Å². The maximum atomic E-state index is 9.24. The van der Waals surface area contributed by atoms with Crippen molar-refractivity contribution in [2.45, 2.75) is 38.3 Å². The molecule has 7 heteroatoms. The molecular formula is C11H19N5O2. The van der Waals surface area contributed by atoms with Gasteiger partial charge >= 0.3 is 6.01 Å². The third kappa shape index (κ3) is 3.19. The number of aromatic nitrogens is 3. The molecule has 100 valence electrons. The maximum absolute atomic E-state index is 9.24. The first-order valence-corrected chi connectivity index (χ1v) is 6.19. The normalized spacial score (nSPS) is 22.2. The maximum Gasteiger partial charge on any atom is 0.322 e. The second-order valence-electron chi connectivity index (χ2n) is 4.36.